The number of hydrogen-bond acceptors (Lipinski definition) is 4. The molecule has 110 valence electrons. The Labute approximate surface area is 126 Å². The fourth-order valence-corrected chi connectivity index (χ4v) is 3.26. The molecule has 1 N–H and O–H groups in total. The zero-order valence-electron chi connectivity index (χ0n) is 13.2. The van der Waals surface area contributed by atoms with Crippen molar-refractivity contribution in [3.05, 3.63) is 33.9 Å². The molecule has 3 nitrogen and oxygen atoms in total. The molecule has 0 radical (unpaired) electrons. The topological polar surface area (TPSA) is 27.6 Å². The number of nitrogens with zero attached hydrogens (tertiary/aromatic N) is 2. The smallest absolute Gasteiger partial charge is 0.159 e. The van der Waals surface area contributed by atoms with E-state index in [0.717, 1.165) is 30.8 Å². The van der Waals surface area contributed by atoms with Crippen molar-refractivity contribution in [3.8, 4) is 0 Å². The molecule has 1 aliphatic rings. The standard InChI is InChI=1S/C16H25N3S/c1-6-19-9-17-16(18-10-19)20-8-15-7-11(2)12(3)13(4)14(15)5/h7H,6,8-10H2,1-5H3,(H,17,18). The first-order chi connectivity index (χ1) is 9.52. The van der Waals surface area contributed by atoms with Gasteiger partial charge in [0.2, 0.25) is 0 Å². The third-order valence-corrected chi connectivity index (χ3v) is 5.27. The number of nitrogens with one attached hydrogen (secondary N) is 1. The van der Waals surface area contributed by atoms with E-state index in [1.165, 1.54) is 27.8 Å². The van der Waals surface area contributed by atoms with Crippen LogP contribution in [0, 0.1) is 27.7 Å². The molecule has 0 saturated carbocycles. The van der Waals surface area contributed by atoms with Gasteiger partial charge in [-0.05, 0) is 62.1 Å². The fourth-order valence-electron chi connectivity index (χ4n) is 2.35. The van der Waals surface area contributed by atoms with Gasteiger partial charge in [-0.3, -0.25) is 4.90 Å². The van der Waals surface area contributed by atoms with Gasteiger partial charge in [0.15, 0.2) is 5.17 Å². The number of thioether (sulfide) groups is 1. The van der Waals surface area contributed by atoms with Gasteiger partial charge in [-0.25, -0.2) is 4.99 Å². The van der Waals surface area contributed by atoms with Crippen molar-refractivity contribution in [2.24, 2.45) is 4.99 Å². The van der Waals surface area contributed by atoms with Crippen LogP contribution in [-0.2, 0) is 5.75 Å². The molecule has 0 amide bonds. The highest BCUT2D eigenvalue weighted by molar-refractivity contribution is 8.13. The molecule has 0 bridgehead atoms. The Bertz CT molecular complexity index is 523. The highest BCUT2D eigenvalue weighted by atomic mass is 32.2. The molecular formula is C16H25N3S. The van der Waals surface area contributed by atoms with E-state index in [9.17, 15) is 0 Å². The van der Waals surface area contributed by atoms with Crippen molar-refractivity contribution in [2.45, 2.75) is 40.4 Å². The highest BCUT2D eigenvalue weighted by Crippen LogP contribution is 2.25. The third-order valence-electron chi connectivity index (χ3n) is 4.27. The SMILES string of the molecule is CCN1CN=C(SCc2cc(C)c(C)c(C)c2C)NC1. The molecular weight excluding hydrogens is 266 g/mol. The summed E-state index contributed by atoms with van der Waals surface area (Å²) in [5.41, 5.74) is 7.09. The van der Waals surface area contributed by atoms with Crippen LogP contribution in [0.4, 0.5) is 0 Å². The van der Waals surface area contributed by atoms with Crippen molar-refractivity contribution >= 4 is 16.9 Å². The summed E-state index contributed by atoms with van der Waals surface area (Å²) in [4.78, 5) is 6.86. The number of hydrogen-bond donors (Lipinski definition) is 1. The van der Waals surface area contributed by atoms with Crippen LogP contribution in [0.5, 0.6) is 0 Å². The Morgan fingerprint density at radius 1 is 1.20 bits per heavy atom. The quantitative estimate of drug-likeness (QED) is 0.925. The van der Waals surface area contributed by atoms with Crippen LogP contribution in [0.3, 0.4) is 0 Å². The maximum atomic E-state index is 4.58. The normalized spacial score (nSPS) is 15.9. The minimum atomic E-state index is 0.816. The Morgan fingerprint density at radius 3 is 2.55 bits per heavy atom. The molecule has 0 atom stereocenters. The van der Waals surface area contributed by atoms with Gasteiger partial charge in [-0.15, -0.1) is 0 Å². The largest absolute Gasteiger partial charge is 0.352 e. The van der Waals surface area contributed by atoms with Crippen molar-refractivity contribution in [1.82, 2.24) is 10.2 Å². The lowest BCUT2D eigenvalue weighted by atomic mass is 9.95. The van der Waals surface area contributed by atoms with Crippen LogP contribution in [0.2, 0.25) is 0 Å². The third kappa shape index (κ3) is 3.36. The summed E-state index contributed by atoms with van der Waals surface area (Å²) in [5.74, 6) is 0.992. The first-order valence-electron chi connectivity index (χ1n) is 7.22. The van der Waals surface area contributed by atoms with Crippen molar-refractivity contribution < 1.29 is 0 Å². The van der Waals surface area contributed by atoms with E-state index in [1.807, 2.05) is 11.8 Å². The summed E-state index contributed by atoms with van der Waals surface area (Å²) in [5, 5.41) is 4.46. The molecule has 1 aromatic rings. The van der Waals surface area contributed by atoms with Gasteiger partial charge >= 0.3 is 0 Å². The van der Waals surface area contributed by atoms with E-state index in [1.54, 1.807) is 0 Å². The van der Waals surface area contributed by atoms with Gasteiger partial charge in [-0.1, -0.05) is 24.8 Å². The second-order valence-corrected chi connectivity index (χ2v) is 6.41. The maximum Gasteiger partial charge on any atom is 0.159 e. The predicted octanol–water partition coefficient (Wildman–Crippen LogP) is 3.35. The van der Waals surface area contributed by atoms with Crippen LogP contribution in [0.25, 0.3) is 0 Å². The fraction of sp³-hybridized carbons (Fsp3) is 0.562. The lowest BCUT2D eigenvalue weighted by molar-refractivity contribution is 0.281. The predicted molar refractivity (Wildman–Crippen MR) is 89.4 cm³/mol. The number of aryl methyl sites for hydroxylation is 1. The maximum absolute atomic E-state index is 4.58. The molecule has 1 heterocycles. The zero-order chi connectivity index (χ0) is 14.7. The zero-order valence-corrected chi connectivity index (χ0v) is 14.0. The van der Waals surface area contributed by atoms with Crippen LogP contribution in [0.15, 0.2) is 11.1 Å². The van der Waals surface area contributed by atoms with Gasteiger partial charge in [-0.2, -0.15) is 0 Å². The first-order valence-corrected chi connectivity index (χ1v) is 8.21. The average Bonchev–Trinajstić information content (AvgIpc) is 2.48. The van der Waals surface area contributed by atoms with E-state index in [-0.39, 0.29) is 0 Å². The summed E-state index contributed by atoms with van der Waals surface area (Å²) in [6.45, 7) is 13.8. The molecule has 0 aliphatic carbocycles. The number of rotatable bonds is 3. The van der Waals surface area contributed by atoms with E-state index in [4.69, 9.17) is 0 Å². The number of amidine groups is 1. The van der Waals surface area contributed by atoms with Crippen molar-refractivity contribution in [3.63, 3.8) is 0 Å². The van der Waals surface area contributed by atoms with Gasteiger partial charge in [0.1, 0.15) is 0 Å². The minimum Gasteiger partial charge on any atom is -0.352 e. The molecule has 1 aromatic carbocycles. The second-order valence-electron chi connectivity index (χ2n) is 5.44. The van der Waals surface area contributed by atoms with Crippen LogP contribution in [0.1, 0.15) is 34.7 Å². The molecule has 0 aromatic heterocycles. The average molecular weight is 291 g/mol. The van der Waals surface area contributed by atoms with Gasteiger partial charge in [0.05, 0.1) is 13.3 Å². The van der Waals surface area contributed by atoms with E-state index >= 15 is 0 Å². The van der Waals surface area contributed by atoms with E-state index in [2.05, 4.69) is 55.9 Å². The molecule has 0 saturated heterocycles. The van der Waals surface area contributed by atoms with E-state index < -0.39 is 0 Å². The van der Waals surface area contributed by atoms with Crippen molar-refractivity contribution in [1.29, 1.82) is 0 Å². The summed E-state index contributed by atoms with van der Waals surface area (Å²) in [6, 6.07) is 2.33. The second kappa shape index (κ2) is 6.64. The highest BCUT2D eigenvalue weighted by Gasteiger charge is 2.12. The summed E-state index contributed by atoms with van der Waals surface area (Å²) in [7, 11) is 0. The van der Waals surface area contributed by atoms with Crippen LogP contribution in [-0.4, -0.2) is 29.9 Å². The molecule has 2 rings (SSSR count). The lowest BCUT2D eigenvalue weighted by Crippen LogP contribution is -2.41. The molecule has 0 fully saturated rings. The summed E-state index contributed by atoms with van der Waals surface area (Å²) < 4.78 is 0. The van der Waals surface area contributed by atoms with Crippen LogP contribution < -0.4 is 5.32 Å². The Hall–Kier alpha value is -1.00. The van der Waals surface area contributed by atoms with Gasteiger partial charge in [0, 0.05) is 5.75 Å². The monoisotopic (exact) mass is 291 g/mol. The summed E-state index contributed by atoms with van der Waals surface area (Å²) in [6.07, 6.45) is 0. The molecule has 4 heteroatoms. The van der Waals surface area contributed by atoms with Crippen LogP contribution >= 0.6 is 11.8 Å². The Balaban J connectivity index is 2.03. The number of benzene rings is 1. The van der Waals surface area contributed by atoms with Gasteiger partial charge < -0.3 is 5.32 Å². The minimum absolute atomic E-state index is 0.816. The molecule has 20 heavy (non-hydrogen) atoms. The molecule has 0 spiro atoms. The summed E-state index contributed by atoms with van der Waals surface area (Å²) >= 11 is 1.81. The van der Waals surface area contributed by atoms with Gasteiger partial charge in [0.25, 0.3) is 0 Å². The lowest BCUT2D eigenvalue weighted by Gasteiger charge is -2.25. The Morgan fingerprint density at radius 2 is 1.95 bits per heavy atom. The molecule has 0 unspecified atom stereocenters. The molecule has 1 aliphatic heterocycles. The van der Waals surface area contributed by atoms with Crippen molar-refractivity contribution in [2.75, 3.05) is 19.9 Å². The Kier molecular flexibility index (Phi) is 5.11. The number of aliphatic imine (C=N–C) groups is 1. The first kappa shape index (κ1) is 15.4. The van der Waals surface area contributed by atoms with E-state index in [0.29, 0.717) is 0 Å².